The van der Waals surface area contributed by atoms with Gasteiger partial charge < -0.3 is 14.1 Å². The van der Waals surface area contributed by atoms with Crippen LogP contribution in [0.3, 0.4) is 0 Å². The van der Waals surface area contributed by atoms with E-state index in [1.165, 1.54) is 0 Å². The van der Waals surface area contributed by atoms with E-state index >= 15 is 0 Å². The van der Waals surface area contributed by atoms with E-state index < -0.39 is 0 Å². The van der Waals surface area contributed by atoms with Crippen LogP contribution >= 0.6 is 0 Å². The minimum atomic E-state index is -0.135. The van der Waals surface area contributed by atoms with Gasteiger partial charge in [-0.05, 0) is 43.0 Å². The maximum Gasteiger partial charge on any atom is 0.248 e. The van der Waals surface area contributed by atoms with E-state index in [9.17, 15) is 4.79 Å². The third-order valence-electron chi connectivity index (χ3n) is 4.98. The van der Waals surface area contributed by atoms with Crippen molar-refractivity contribution >= 4 is 0 Å². The van der Waals surface area contributed by atoms with Crippen LogP contribution in [0.2, 0.25) is 0 Å². The molecule has 5 heteroatoms. The number of aromatic amines is 1. The minimum Gasteiger partial charge on any atom is -0.496 e. The molecule has 2 heterocycles. The molecule has 0 aliphatic heterocycles. The Bertz CT molecular complexity index is 930. The Hall–Kier alpha value is -2.79. The fraction of sp³-hybridized carbons (Fsp3) is 0.286. The molecule has 1 aromatic carbocycles. The molecule has 1 aliphatic rings. The molecule has 0 fully saturated rings. The molecule has 0 saturated heterocycles. The van der Waals surface area contributed by atoms with Gasteiger partial charge in [0.15, 0.2) is 0 Å². The predicted octanol–water partition coefficient (Wildman–Crippen LogP) is 3.73. The van der Waals surface area contributed by atoms with Gasteiger partial charge in [0.05, 0.1) is 19.4 Å². The Labute approximate surface area is 152 Å². The number of hydrogen-bond donors (Lipinski definition) is 2. The third-order valence-corrected chi connectivity index (χ3v) is 4.98. The maximum absolute atomic E-state index is 11.7. The molecular weight excluding hydrogens is 328 g/mol. The van der Waals surface area contributed by atoms with Crippen LogP contribution in [0.4, 0.5) is 0 Å². The lowest BCUT2D eigenvalue weighted by Crippen LogP contribution is -2.31. The molecule has 5 nitrogen and oxygen atoms in total. The van der Waals surface area contributed by atoms with Crippen molar-refractivity contribution < 1.29 is 9.15 Å². The van der Waals surface area contributed by atoms with Crippen molar-refractivity contribution in [2.75, 3.05) is 7.11 Å². The molecule has 2 atom stereocenters. The molecule has 26 heavy (non-hydrogen) atoms. The Kier molecular flexibility index (Phi) is 4.63. The van der Waals surface area contributed by atoms with Crippen LogP contribution in [0.25, 0.3) is 0 Å². The molecule has 0 bridgehead atoms. The van der Waals surface area contributed by atoms with Gasteiger partial charge in [-0.3, -0.25) is 10.1 Å². The highest BCUT2D eigenvalue weighted by Gasteiger charge is 2.27. The third kappa shape index (κ3) is 3.18. The highest BCUT2D eigenvalue weighted by Crippen LogP contribution is 2.35. The summed E-state index contributed by atoms with van der Waals surface area (Å²) in [5.41, 5.74) is 3.17. The summed E-state index contributed by atoms with van der Waals surface area (Å²) in [6, 6.07) is 15.4. The van der Waals surface area contributed by atoms with Gasteiger partial charge >= 0.3 is 0 Å². The second-order valence-corrected chi connectivity index (χ2v) is 6.56. The molecule has 0 saturated carbocycles. The van der Waals surface area contributed by atoms with Gasteiger partial charge in [-0.25, -0.2) is 0 Å². The number of pyridine rings is 1. The standard InChI is InChI=1S/C21H22N2O3/c1-25-18-9-3-2-6-15(18)21(19-10-5-13-26-19)23-17-8-4-7-16-14(17)11-12-20(24)22-16/h2-3,5-6,9-13,17,21,23H,4,7-8H2,1H3,(H,22,24)/t17-,21-/m1/s1. The second kappa shape index (κ2) is 7.22. The summed E-state index contributed by atoms with van der Waals surface area (Å²) in [6.07, 6.45) is 4.63. The zero-order valence-corrected chi connectivity index (χ0v) is 14.7. The number of benzene rings is 1. The lowest BCUT2D eigenvalue weighted by atomic mass is 9.89. The molecule has 0 radical (unpaired) electrons. The molecule has 4 rings (SSSR count). The molecule has 134 valence electrons. The van der Waals surface area contributed by atoms with Crippen LogP contribution in [-0.4, -0.2) is 12.1 Å². The summed E-state index contributed by atoms with van der Waals surface area (Å²) in [7, 11) is 1.68. The summed E-state index contributed by atoms with van der Waals surface area (Å²) in [4.78, 5) is 14.6. The molecule has 1 aliphatic carbocycles. The summed E-state index contributed by atoms with van der Waals surface area (Å²) in [5, 5.41) is 3.73. The van der Waals surface area contributed by atoms with Crippen LogP contribution in [0, 0.1) is 0 Å². The first-order chi connectivity index (χ1) is 12.8. The summed E-state index contributed by atoms with van der Waals surface area (Å²) in [5.74, 6) is 1.66. The number of furan rings is 1. The second-order valence-electron chi connectivity index (χ2n) is 6.56. The highest BCUT2D eigenvalue weighted by molar-refractivity contribution is 5.40. The van der Waals surface area contributed by atoms with E-state index in [-0.39, 0.29) is 17.6 Å². The monoisotopic (exact) mass is 350 g/mol. The lowest BCUT2D eigenvalue weighted by molar-refractivity contribution is 0.361. The molecule has 0 unspecified atom stereocenters. The van der Waals surface area contributed by atoms with Crippen molar-refractivity contribution in [2.24, 2.45) is 0 Å². The van der Waals surface area contributed by atoms with Gasteiger partial charge in [0.2, 0.25) is 5.56 Å². The Balaban J connectivity index is 1.72. The Morgan fingerprint density at radius 3 is 2.88 bits per heavy atom. The molecule has 0 amide bonds. The summed E-state index contributed by atoms with van der Waals surface area (Å²) in [6.45, 7) is 0. The number of ether oxygens (including phenoxy) is 1. The predicted molar refractivity (Wildman–Crippen MR) is 99.4 cm³/mol. The number of nitrogens with one attached hydrogen (secondary N) is 2. The van der Waals surface area contributed by atoms with Crippen LogP contribution in [0.5, 0.6) is 5.75 Å². The van der Waals surface area contributed by atoms with E-state index in [1.54, 1.807) is 19.4 Å². The lowest BCUT2D eigenvalue weighted by Gasteiger charge is -2.30. The number of H-pyrrole nitrogens is 1. The van der Waals surface area contributed by atoms with Gasteiger partial charge in [-0.15, -0.1) is 0 Å². The number of fused-ring (bicyclic) bond motifs is 1. The smallest absolute Gasteiger partial charge is 0.248 e. The van der Waals surface area contributed by atoms with Gasteiger partial charge in [0.1, 0.15) is 11.5 Å². The first kappa shape index (κ1) is 16.7. The topological polar surface area (TPSA) is 67.3 Å². The van der Waals surface area contributed by atoms with Crippen molar-refractivity contribution in [3.63, 3.8) is 0 Å². The Morgan fingerprint density at radius 1 is 1.19 bits per heavy atom. The van der Waals surface area contributed by atoms with E-state index in [0.717, 1.165) is 47.6 Å². The zero-order valence-electron chi connectivity index (χ0n) is 14.7. The van der Waals surface area contributed by atoms with Gasteiger partial charge in [-0.1, -0.05) is 24.3 Å². The number of aromatic nitrogens is 1. The van der Waals surface area contributed by atoms with E-state index in [1.807, 2.05) is 36.4 Å². The van der Waals surface area contributed by atoms with Gasteiger partial charge in [0.25, 0.3) is 0 Å². The number of hydrogen-bond acceptors (Lipinski definition) is 4. The summed E-state index contributed by atoms with van der Waals surface area (Å²) >= 11 is 0. The Morgan fingerprint density at radius 2 is 2.08 bits per heavy atom. The van der Waals surface area contributed by atoms with Crippen LogP contribution in [-0.2, 0) is 6.42 Å². The maximum atomic E-state index is 11.7. The van der Waals surface area contributed by atoms with Crippen molar-refractivity contribution in [3.8, 4) is 5.75 Å². The van der Waals surface area contributed by atoms with Crippen LogP contribution in [0.1, 0.15) is 47.5 Å². The minimum absolute atomic E-state index is 0.0447. The van der Waals surface area contributed by atoms with Gasteiger partial charge in [0, 0.05) is 23.4 Å². The molecule has 3 aromatic rings. The van der Waals surface area contributed by atoms with E-state index in [2.05, 4.69) is 16.4 Å². The number of methoxy groups -OCH3 is 1. The normalized spacial score (nSPS) is 17.5. The fourth-order valence-corrected chi connectivity index (χ4v) is 3.76. The fourth-order valence-electron chi connectivity index (χ4n) is 3.76. The van der Waals surface area contributed by atoms with Crippen molar-refractivity contribution in [1.82, 2.24) is 10.3 Å². The average Bonchev–Trinajstić information content (AvgIpc) is 3.20. The van der Waals surface area contributed by atoms with Crippen LogP contribution < -0.4 is 15.6 Å². The summed E-state index contributed by atoms with van der Waals surface area (Å²) < 4.78 is 11.3. The quantitative estimate of drug-likeness (QED) is 0.736. The van der Waals surface area contributed by atoms with E-state index in [0.29, 0.717) is 0 Å². The molecule has 2 N–H and O–H groups in total. The number of para-hydroxylation sites is 1. The molecular formula is C21H22N2O3. The first-order valence-corrected chi connectivity index (χ1v) is 8.90. The molecule has 2 aromatic heterocycles. The van der Waals surface area contributed by atoms with E-state index in [4.69, 9.17) is 9.15 Å². The largest absolute Gasteiger partial charge is 0.496 e. The van der Waals surface area contributed by atoms with Crippen molar-refractivity contribution in [3.05, 3.63) is 87.7 Å². The number of aryl methyl sites for hydroxylation is 1. The average molecular weight is 350 g/mol. The SMILES string of the molecule is COc1ccccc1[C@@H](N[C@@H]1CCCc2[nH]c(=O)ccc21)c1ccco1. The van der Waals surface area contributed by atoms with Crippen molar-refractivity contribution in [2.45, 2.75) is 31.3 Å². The van der Waals surface area contributed by atoms with Gasteiger partial charge in [-0.2, -0.15) is 0 Å². The zero-order chi connectivity index (χ0) is 17.9. The first-order valence-electron chi connectivity index (χ1n) is 8.90. The number of rotatable bonds is 5. The van der Waals surface area contributed by atoms with Crippen molar-refractivity contribution in [1.29, 1.82) is 0 Å². The highest BCUT2D eigenvalue weighted by atomic mass is 16.5. The van der Waals surface area contributed by atoms with Crippen LogP contribution in [0.15, 0.2) is 64.0 Å². The molecule has 0 spiro atoms.